The number of nitrogen functional groups attached to an aromatic ring is 1. The Kier molecular flexibility index (Phi) is 5.45. The molecule has 1 heterocycles. The fraction of sp³-hybridized carbons (Fsp3) is 0.429. The van der Waals surface area contributed by atoms with Crippen molar-refractivity contribution in [3.05, 3.63) is 39.3 Å². The number of anilines is 1. The second-order valence-corrected chi connectivity index (χ2v) is 6.49. The van der Waals surface area contributed by atoms with Gasteiger partial charge in [0.2, 0.25) is 0 Å². The Bertz CT molecular complexity index is 456. The van der Waals surface area contributed by atoms with Gasteiger partial charge in [-0.1, -0.05) is 22.0 Å². The second-order valence-electron chi connectivity index (χ2n) is 4.72. The third kappa shape index (κ3) is 3.60. The fourth-order valence-corrected chi connectivity index (χ4v) is 3.76. The largest absolute Gasteiger partial charge is 0.398 e. The predicted octanol–water partition coefficient (Wildman–Crippen LogP) is 3.32. The van der Waals surface area contributed by atoms with Crippen molar-refractivity contribution >= 4 is 37.5 Å². The van der Waals surface area contributed by atoms with Crippen LogP contribution in [0, 0.1) is 0 Å². The minimum absolute atomic E-state index is 0.299. The molecule has 0 unspecified atom stereocenters. The number of nitrogens with one attached hydrogen (secondary N) is 1. The highest BCUT2D eigenvalue weighted by atomic mass is 79.9. The number of nitrogens with two attached hydrogens (primary N) is 1. The van der Waals surface area contributed by atoms with E-state index in [1.807, 2.05) is 12.1 Å². The Balaban J connectivity index is 2.34. The van der Waals surface area contributed by atoms with E-state index in [1.54, 1.807) is 0 Å². The van der Waals surface area contributed by atoms with E-state index < -0.39 is 0 Å². The highest BCUT2D eigenvalue weighted by molar-refractivity contribution is 9.11. The van der Waals surface area contributed by atoms with Crippen LogP contribution in [0.3, 0.4) is 0 Å². The standard InChI is InChI=1S/C14H19Br2N3/c1-2-3-13(19-6-4-18-5-7-19)11-8-10(15)9-12(16)14(11)17/h2,8-9,13,18H,1,3-7,17H2/t13-/m1/s1. The molecule has 3 N–H and O–H groups in total. The highest BCUT2D eigenvalue weighted by Gasteiger charge is 2.23. The first-order valence-corrected chi connectivity index (χ1v) is 8.02. The molecule has 3 nitrogen and oxygen atoms in total. The quantitative estimate of drug-likeness (QED) is 0.614. The van der Waals surface area contributed by atoms with Crippen LogP contribution in [0.4, 0.5) is 5.69 Å². The number of halogens is 2. The molecule has 0 spiro atoms. The first kappa shape index (κ1) is 15.0. The van der Waals surface area contributed by atoms with E-state index in [1.165, 1.54) is 5.56 Å². The molecule has 5 heteroatoms. The predicted molar refractivity (Wildman–Crippen MR) is 88.3 cm³/mol. The van der Waals surface area contributed by atoms with Crippen LogP contribution in [0.1, 0.15) is 18.0 Å². The van der Waals surface area contributed by atoms with Crippen molar-refractivity contribution in [3.8, 4) is 0 Å². The van der Waals surface area contributed by atoms with Crippen LogP contribution in [0.25, 0.3) is 0 Å². The molecule has 1 atom stereocenters. The summed E-state index contributed by atoms with van der Waals surface area (Å²) in [4.78, 5) is 2.47. The molecular weight excluding hydrogens is 370 g/mol. The van der Waals surface area contributed by atoms with E-state index in [4.69, 9.17) is 5.73 Å². The summed E-state index contributed by atoms with van der Waals surface area (Å²) in [5, 5.41) is 3.38. The average Bonchev–Trinajstić information content (AvgIpc) is 2.41. The Morgan fingerprint density at radius 2 is 2.05 bits per heavy atom. The maximum absolute atomic E-state index is 6.25. The maximum Gasteiger partial charge on any atom is 0.0507 e. The second kappa shape index (κ2) is 6.88. The Morgan fingerprint density at radius 3 is 2.68 bits per heavy atom. The molecule has 1 aromatic carbocycles. The molecule has 0 aromatic heterocycles. The number of hydrogen-bond acceptors (Lipinski definition) is 3. The molecule has 0 bridgehead atoms. The number of benzene rings is 1. The van der Waals surface area contributed by atoms with E-state index in [0.29, 0.717) is 6.04 Å². The zero-order chi connectivity index (χ0) is 13.8. The molecule has 1 saturated heterocycles. The molecule has 2 rings (SSSR count). The summed E-state index contributed by atoms with van der Waals surface area (Å²) in [6, 6.07) is 4.41. The fourth-order valence-electron chi connectivity index (χ4n) is 2.50. The zero-order valence-electron chi connectivity index (χ0n) is 10.8. The van der Waals surface area contributed by atoms with E-state index >= 15 is 0 Å². The van der Waals surface area contributed by atoms with Crippen molar-refractivity contribution in [1.29, 1.82) is 0 Å². The van der Waals surface area contributed by atoms with Gasteiger partial charge < -0.3 is 11.1 Å². The first-order chi connectivity index (χ1) is 9.13. The minimum Gasteiger partial charge on any atom is -0.398 e. The topological polar surface area (TPSA) is 41.3 Å². The van der Waals surface area contributed by atoms with E-state index in [2.05, 4.69) is 54.7 Å². The monoisotopic (exact) mass is 387 g/mol. The van der Waals surface area contributed by atoms with E-state index in [-0.39, 0.29) is 0 Å². The smallest absolute Gasteiger partial charge is 0.0507 e. The van der Waals surface area contributed by atoms with Gasteiger partial charge in [-0.05, 0) is 40.0 Å². The molecule has 1 fully saturated rings. The molecule has 0 amide bonds. The van der Waals surface area contributed by atoms with E-state index in [0.717, 1.165) is 47.2 Å². The van der Waals surface area contributed by atoms with Crippen molar-refractivity contribution in [2.75, 3.05) is 31.9 Å². The molecule has 0 radical (unpaired) electrons. The lowest BCUT2D eigenvalue weighted by molar-refractivity contribution is 0.175. The minimum atomic E-state index is 0.299. The average molecular weight is 389 g/mol. The molecule has 19 heavy (non-hydrogen) atoms. The highest BCUT2D eigenvalue weighted by Crippen LogP contribution is 2.36. The molecular formula is C14H19Br2N3. The third-order valence-corrected chi connectivity index (χ3v) is 4.58. The molecule has 1 aliphatic heterocycles. The van der Waals surface area contributed by atoms with Gasteiger partial charge in [0.15, 0.2) is 0 Å². The summed E-state index contributed by atoms with van der Waals surface area (Å²) in [6.07, 6.45) is 2.88. The summed E-state index contributed by atoms with van der Waals surface area (Å²) in [7, 11) is 0. The summed E-state index contributed by atoms with van der Waals surface area (Å²) in [5.74, 6) is 0. The van der Waals surface area contributed by atoms with Crippen LogP contribution in [0.15, 0.2) is 33.7 Å². The van der Waals surface area contributed by atoms with Gasteiger partial charge in [-0.3, -0.25) is 4.90 Å². The van der Waals surface area contributed by atoms with Gasteiger partial charge in [0.05, 0.1) is 5.69 Å². The van der Waals surface area contributed by atoms with Crippen LogP contribution >= 0.6 is 31.9 Å². The lowest BCUT2D eigenvalue weighted by Crippen LogP contribution is -2.45. The maximum atomic E-state index is 6.25. The lowest BCUT2D eigenvalue weighted by Gasteiger charge is -2.35. The van der Waals surface area contributed by atoms with Crippen LogP contribution in [0.2, 0.25) is 0 Å². The normalized spacial score (nSPS) is 18.2. The van der Waals surface area contributed by atoms with Gasteiger partial charge in [-0.2, -0.15) is 0 Å². The SMILES string of the molecule is C=CC[C@H](c1cc(Br)cc(Br)c1N)N1CCNCC1. The summed E-state index contributed by atoms with van der Waals surface area (Å²) in [6.45, 7) is 8.04. The molecule has 0 saturated carbocycles. The lowest BCUT2D eigenvalue weighted by atomic mass is 9.99. The zero-order valence-corrected chi connectivity index (χ0v) is 14.0. The molecule has 1 aliphatic rings. The molecule has 0 aliphatic carbocycles. The van der Waals surface area contributed by atoms with Crippen LogP contribution in [0.5, 0.6) is 0 Å². The summed E-state index contributed by atoms with van der Waals surface area (Å²) in [5.41, 5.74) is 8.24. The Labute approximate surface area is 131 Å². The van der Waals surface area contributed by atoms with Gasteiger partial charge in [0, 0.05) is 41.2 Å². The van der Waals surface area contributed by atoms with Crippen molar-refractivity contribution in [2.45, 2.75) is 12.5 Å². The first-order valence-electron chi connectivity index (χ1n) is 6.43. The van der Waals surface area contributed by atoms with Gasteiger partial charge >= 0.3 is 0 Å². The third-order valence-electron chi connectivity index (χ3n) is 3.47. The van der Waals surface area contributed by atoms with Crippen LogP contribution in [-0.4, -0.2) is 31.1 Å². The number of piperazine rings is 1. The molecule has 104 valence electrons. The van der Waals surface area contributed by atoms with Gasteiger partial charge in [-0.15, -0.1) is 6.58 Å². The van der Waals surface area contributed by atoms with Crippen molar-refractivity contribution in [1.82, 2.24) is 10.2 Å². The van der Waals surface area contributed by atoms with Gasteiger partial charge in [-0.25, -0.2) is 0 Å². The number of nitrogens with zero attached hydrogens (tertiary/aromatic N) is 1. The molecule has 1 aromatic rings. The van der Waals surface area contributed by atoms with Crippen LogP contribution < -0.4 is 11.1 Å². The van der Waals surface area contributed by atoms with Crippen molar-refractivity contribution < 1.29 is 0 Å². The Morgan fingerprint density at radius 1 is 1.37 bits per heavy atom. The van der Waals surface area contributed by atoms with Crippen molar-refractivity contribution in [3.63, 3.8) is 0 Å². The van der Waals surface area contributed by atoms with E-state index in [9.17, 15) is 0 Å². The number of hydrogen-bond donors (Lipinski definition) is 2. The number of rotatable bonds is 4. The van der Waals surface area contributed by atoms with Crippen molar-refractivity contribution in [2.24, 2.45) is 0 Å². The Hall–Kier alpha value is -0.360. The van der Waals surface area contributed by atoms with Gasteiger partial charge in [0.25, 0.3) is 0 Å². The summed E-state index contributed by atoms with van der Waals surface area (Å²) >= 11 is 7.08. The summed E-state index contributed by atoms with van der Waals surface area (Å²) < 4.78 is 1.99. The van der Waals surface area contributed by atoms with Crippen LogP contribution in [-0.2, 0) is 0 Å². The van der Waals surface area contributed by atoms with Gasteiger partial charge in [0.1, 0.15) is 0 Å².